The van der Waals surface area contributed by atoms with Gasteiger partial charge in [0.15, 0.2) is 5.75 Å². The number of rotatable bonds is 5. The van der Waals surface area contributed by atoms with Crippen molar-refractivity contribution in [3.05, 3.63) is 63.1 Å². The average Bonchev–Trinajstić information content (AvgIpc) is 2.97. The van der Waals surface area contributed by atoms with Gasteiger partial charge in [-0.1, -0.05) is 6.07 Å². The number of nitriles is 1. The van der Waals surface area contributed by atoms with E-state index in [4.69, 9.17) is 9.68 Å². The summed E-state index contributed by atoms with van der Waals surface area (Å²) in [4.78, 5) is 22.1. The van der Waals surface area contributed by atoms with Gasteiger partial charge in [0.05, 0.1) is 11.5 Å². The summed E-state index contributed by atoms with van der Waals surface area (Å²) in [5.74, 6) is 0.112. The van der Waals surface area contributed by atoms with Crippen molar-refractivity contribution < 1.29 is 19.2 Å². The number of furan rings is 1. The SMILES string of the molecule is Cc1ccc(CNC(=O)/C(C#N)=C/c2ccc(O)c([N+](=O)[O-])c2)o1. The van der Waals surface area contributed by atoms with Gasteiger partial charge in [0, 0.05) is 6.07 Å². The van der Waals surface area contributed by atoms with Crippen molar-refractivity contribution in [3.8, 4) is 11.8 Å². The molecule has 8 nitrogen and oxygen atoms in total. The molecule has 8 heteroatoms. The number of nitrogens with one attached hydrogen (secondary N) is 1. The third kappa shape index (κ3) is 3.98. The molecule has 0 bridgehead atoms. The molecule has 0 atom stereocenters. The molecule has 1 heterocycles. The number of nitro benzene ring substituents is 1. The van der Waals surface area contributed by atoms with Gasteiger partial charge in [0.25, 0.3) is 5.91 Å². The molecule has 0 aliphatic carbocycles. The predicted octanol–water partition coefficient (Wildman–Crippen LogP) is 2.43. The Balaban J connectivity index is 2.16. The van der Waals surface area contributed by atoms with Crippen LogP contribution in [-0.4, -0.2) is 15.9 Å². The summed E-state index contributed by atoms with van der Waals surface area (Å²) in [5, 5.41) is 31.8. The highest BCUT2D eigenvalue weighted by Gasteiger charge is 2.15. The standard InChI is InChI=1S/C16H13N3O5/c1-10-2-4-13(24-10)9-18-16(21)12(8-17)6-11-3-5-15(20)14(7-11)19(22)23/h2-7,20H,9H2,1H3,(H,18,21)/b12-6+. The Hall–Kier alpha value is -3.60. The summed E-state index contributed by atoms with van der Waals surface area (Å²) >= 11 is 0. The number of carbonyl (C=O) groups excluding carboxylic acids is 1. The molecule has 0 aliphatic rings. The minimum atomic E-state index is -0.752. The smallest absolute Gasteiger partial charge is 0.311 e. The van der Waals surface area contributed by atoms with E-state index in [1.165, 1.54) is 12.1 Å². The lowest BCUT2D eigenvalue weighted by Crippen LogP contribution is -2.23. The van der Waals surface area contributed by atoms with Crippen LogP contribution in [0, 0.1) is 28.4 Å². The van der Waals surface area contributed by atoms with Gasteiger partial charge in [-0.15, -0.1) is 0 Å². The van der Waals surface area contributed by atoms with Crippen molar-refractivity contribution in [3.63, 3.8) is 0 Å². The number of amides is 1. The summed E-state index contributed by atoms with van der Waals surface area (Å²) in [5.41, 5.74) is -0.481. The number of carbonyl (C=O) groups is 1. The summed E-state index contributed by atoms with van der Waals surface area (Å²) < 4.78 is 5.30. The molecule has 0 saturated carbocycles. The molecule has 0 fully saturated rings. The van der Waals surface area contributed by atoms with Crippen molar-refractivity contribution in [2.24, 2.45) is 0 Å². The molecule has 0 aliphatic heterocycles. The van der Waals surface area contributed by atoms with Crippen LogP contribution in [0.3, 0.4) is 0 Å². The summed E-state index contributed by atoms with van der Waals surface area (Å²) in [6.45, 7) is 1.88. The van der Waals surface area contributed by atoms with Crippen LogP contribution >= 0.6 is 0 Å². The van der Waals surface area contributed by atoms with Crippen LogP contribution in [0.25, 0.3) is 6.08 Å². The second-order valence-corrected chi connectivity index (χ2v) is 4.87. The maximum absolute atomic E-state index is 12.0. The molecule has 0 spiro atoms. The van der Waals surface area contributed by atoms with Crippen LogP contribution < -0.4 is 5.32 Å². The van der Waals surface area contributed by atoms with Crippen molar-refractivity contribution in [2.45, 2.75) is 13.5 Å². The molecule has 1 amide bonds. The topological polar surface area (TPSA) is 129 Å². The number of nitro groups is 1. The number of hydrogen-bond donors (Lipinski definition) is 2. The molecule has 2 aromatic rings. The van der Waals surface area contributed by atoms with Crippen LogP contribution in [0.4, 0.5) is 5.69 Å². The third-order valence-corrected chi connectivity index (χ3v) is 3.09. The Morgan fingerprint density at radius 2 is 2.21 bits per heavy atom. The first kappa shape index (κ1) is 16.8. The molecular weight excluding hydrogens is 314 g/mol. The second-order valence-electron chi connectivity index (χ2n) is 4.87. The number of phenolic OH excluding ortho intramolecular Hbond substituents is 1. The Labute approximate surface area is 136 Å². The number of phenols is 1. The lowest BCUT2D eigenvalue weighted by molar-refractivity contribution is -0.385. The third-order valence-electron chi connectivity index (χ3n) is 3.09. The summed E-state index contributed by atoms with van der Waals surface area (Å²) in [7, 11) is 0. The van der Waals surface area contributed by atoms with E-state index in [9.17, 15) is 20.0 Å². The molecule has 2 rings (SSSR count). The number of hydrogen-bond acceptors (Lipinski definition) is 6. The van der Waals surface area contributed by atoms with Gasteiger partial charge in [-0.05, 0) is 36.8 Å². The molecular formula is C16H13N3O5. The fourth-order valence-electron chi connectivity index (χ4n) is 1.93. The van der Waals surface area contributed by atoms with Crippen molar-refractivity contribution in [2.75, 3.05) is 0 Å². The average molecular weight is 327 g/mol. The quantitative estimate of drug-likeness (QED) is 0.375. The molecule has 122 valence electrons. The van der Waals surface area contributed by atoms with E-state index < -0.39 is 22.3 Å². The zero-order valence-corrected chi connectivity index (χ0v) is 12.6. The molecule has 0 unspecified atom stereocenters. The highest BCUT2D eigenvalue weighted by Crippen LogP contribution is 2.27. The van der Waals surface area contributed by atoms with Gasteiger partial charge in [-0.2, -0.15) is 5.26 Å². The predicted molar refractivity (Wildman–Crippen MR) is 83.6 cm³/mol. The van der Waals surface area contributed by atoms with Crippen LogP contribution in [-0.2, 0) is 11.3 Å². The van der Waals surface area contributed by atoms with Gasteiger partial charge in [-0.25, -0.2) is 0 Å². The van der Waals surface area contributed by atoms with Gasteiger partial charge in [-0.3, -0.25) is 14.9 Å². The van der Waals surface area contributed by atoms with E-state index in [1.54, 1.807) is 25.1 Å². The maximum Gasteiger partial charge on any atom is 0.311 e. The number of benzene rings is 1. The second kappa shape index (κ2) is 7.11. The largest absolute Gasteiger partial charge is 0.502 e. The normalized spacial score (nSPS) is 10.9. The molecule has 24 heavy (non-hydrogen) atoms. The first-order valence-corrected chi connectivity index (χ1v) is 6.83. The number of nitrogens with zero attached hydrogens (tertiary/aromatic N) is 2. The lowest BCUT2D eigenvalue weighted by Gasteiger charge is -2.03. The number of aryl methyl sites for hydroxylation is 1. The van der Waals surface area contributed by atoms with Gasteiger partial charge in [0.2, 0.25) is 0 Å². The molecule has 2 N–H and O–H groups in total. The Morgan fingerprint density at radius 3 is 2.79 bits per heavy atom. The highest BCUT2D eigenvalue weighted by atomic mass is 16.6. The summed E-state index contributed by atoms with van der Waals surface area (Å²) in [6, 6.07) is 8.76. The highest BCUT2D eigenvalue weighted by molar-refractivity contribution is 6.01. The molecule has 1 aromatic carbocycles. The van der Waals surface area contributed by atoms with E-state index in [0.29, 0.717) is 11.5 Å². The minimum absolute atomic E-state index is 0.113. The van der Waals surface area contributed by atoms with E-state index in [2.05, 4.69) is 5.32 Å². The Kier molecular flexibility index (Phi) is 4.96. The molecule has 1 aromatic heterocycles. The Morgan fingerprint density at radius 1 is 1.46 bits per heavy atom. The van der Waals surface area contributed by atoms with E-state index in [0.717, 1.165) is 12.1 Å². The van der Waals surface area contributed by atoms with Gasteiger partial charge >= 0.3 is 5.69 Å². The van der Waals surface area contributed by atoms with E-state index in [1.807, 2.05) is 0 Å². The minimum Gasteiger partial charge on any atom is -0.502 e. The zero-order chi connectivity index (χ0) is 17.7. The maximum atomic E-state index is 12.0. The van der Waals surface area contributed by atoms with Crippen LogP contribution in [0.2, 0.25) is 0 Å². The van der Waals surface area contributed by atoms with Gasteiger partial charge < -0.3 is 14.8 Å². The fraction of sp³-hybridized carbons (Fsp3) is 0.125. The number of aromatic hydroxyl groups is 1. The van der Waals surface area contributed by atoms with E-state index >= 15 is 0 Å². The molecule has 0 saturated heterocycles. The first-order valence-electron chi connectivity index (χ1n) is 6.83. The first-order chi connectivity index (χ1) is 11.4. The molecule has 0 radical (unpaired) electrons. The van der Waals surface area contributed by atoms with E-state index in [-0.39, 0.29) is 17.7 Å². The van der Waals surface area contributed by atoms with Gasteiger partial charge in [0.1, 0.15) is 23.2 Å². The van der Waals surface area contributed by atoms with Crippen molar-refractivity contribution >= 4 is 17.7 Å². The van der Waals surface area contributed by atoms with Crippen LogP contribution in [0.5, 0.6) is 5.75 Å². The van der Waals surface area contributed by atoms with Crippen LogP contribution in [0.1, 0.15) is 17.1 Å². The zero-order valence-electron chi connectivity index (χ0n) is 12.6. The van der Waals surface area contributed by atoms with Crippen molar-refractivity contribution in [1.82, 2.24) is 5.32 Å². The van der Waals surface area contributed by atoms with Crippen LogP contribution in [0.15, 0.2) is 40.3 Å². The monoisotopic (exact) mass is 327 g/mol. The Bertz CT molecular complexity index is 861. The van der Waals surface area contributed by atoms with Crippen molar-refractivity contribution in [1.29, 1.82) is 5.26 Å². The lowest BCUT2D eigenvalue weighted by atomic mass is 10.1. The fourth-order valence-corrected chi connectivity index (χ4v) is 1.93. The summed E-state index contributed by atoms with van der Waals surface area (Å²) in [6.07, 6.45) is 1.20.